The molecule has 3 rings (SSSR count). The molecule has 3 fully saturated rings. The SMILES string of the molecule is C[C@@H](OC(=O)CCN1C(=O)NC2(CCCC2)C1=O)C(=O)N1CCNC1=O. The lowest BCUT2D eigenvalue weighted by Crippen LogP contribution is -2.44. The molecule has 0 radical (unpaired) electrons. The summed E-state index contributed by atoms with van der Waals surface area (Å²) in [4.78, 5) is 62.1. The zero-order valence-electron chi connectivity index (χ0n) is 14.6. The molecular formula is C16H22N4O6. The van der Waals surface area contributed by atoms with Crippen LogP contribution in [0, 0.1) is 0 Å². The maximum Gasteiger partial charge on any atom is 0.325 e. The third kappa shape index (κ3) is 3.23. The number of nitrogens with one attached hydrogen (secondary N) is 2. The number of amides is 6. The van der Waals surface area contributed by atoms with E-state index >= 15 is 0 Å². The fourth-order valence-electron chi connectivity index (χ4n) is 3.61. The van der Waals surface area contributed by atoms with Gasteiger partial charge in [-0.3, -0.25) is 24.2 Å². The number of hydrogen-bond donors (Lipinski definition) is 2. The summed E-state index contributed by atoms with van der Waals surface area (Å²) in [5.74, 6) is -1.61. The molecule has 10 heteroatoms. The van der Waals surface area contributed by atoms with E-state index in [9.17, 15) is 24.0 Å². The summed E-state index contributed by atoms with van der Waals surface area (Å²) in [6.45, 7) is 1.87. The molecule has 0 unspecified atom stereocenters. The molecule has 0 bridgehead atoms. The van der Waals surface area contributed by atoms with Crippen molar-refractivity contribution in [3.8, 4) is 0 Å². The number of ether oxygens (including phenoxy) is 1. The van der Waals surface area contributed by atoms with Crippen LogP contribution in [0.5, 0.6) is 0 Å². The van der Waals surface area contributed by atoms with E-state index in [1.807, 2.05) is 0 Å². The third-order valence-corrected chi connectivity index (χ3v) is 5.02. The molecule has 3 aliphatic rings. The van der Waals surface area contributed by atoms with E-state index in [0.29, 0.717) is 19.4 Å². The Hall–Kier alpha value is -2.65. The zero-order valence-corrected chi connectivity index (χ0v) is 14.6. The van der Waals surface area contributed by atoms with E-state index in [-0.39, 0.29) is 25.4 Å². The Morgan fingerprint density at radius 2 is 1.88 bits per heavy atom. The smallest absolute Gasteiger partial charge is 0.325 e. The molecule has 2 heterocycles. The highest BCUT2D eigenvalue weighted by Gasteiger charge is 2.52. The lowest BCUT2D eigenvalue weighted by atomic mass is 9.98. The summed E-state index contributed by atoms with van der Waals surface area (Å²) < 4.78 is 5.04. The summed E-state index contributed by atoms with van der Waals surface area (Å²) >= 11 is 0. The largest absolute Gasteiger partial charge is 0.452 e. The van der Waals surface area contributed by atoms with Crippen molar-refractivity contribution in [1.82, 2.24) is 20.4 Å². The van der Waals surface area contributed by atoms with Crippen LogP contribution < -0.4 is 10.6 Å². The molecule has 2 N–H and O–H groups in total. The molecular weight excluding hydrogens is 344 g/mol. The highest BCUT2D eigenvalue weighted by atomic mass is 16.5. The van der Waals surface area contributed by atoms with Gasteiger partial charge in [0.1, 0.15) is 5.54 Å². The van der Waals surface area contributed by atoms with E-state index in [0.717, 1.165) is 22.6 Å². The van der Waals surface area contributed by atoms with Crippen LogP contribution in [0.2, 0.25) is 0 Å². The average Bonchev–Trinajstić information content (AvgIpc) is 3.28. The van der Waals surface area contributed by atoms with Crippen molar-refractivity contribution in [3.05, 3.63) is 0 Å². The Bertz CT molecular complexity index is 657. The number of carbonyl (C=O) groups is 5. The van der Waals surface area contributed by atoms with E-state index in [1.54, 1.807) is 0 Å². The van der Waals surface area contributed by atoms with Gasteiger partial charge in [-0.1, -0.05) is 12.8 Å². The van der Waals surface area contributed by atoms with Crippen molar-refractivity contribution >= 4 is 29.8 Å². The Morgan fingerprint density at radius 1 is 1.19 bits per heavy atom. The number of urea groups is 2. The minimum Gasteiger partial charge on any atom is -0.452 e. The summed E-state index contributed by atoms with van der Waals surface area (Å²) in [7, 11) is 0. The topological polar surface area (TPSA) is 125 Å². The van der Waals surface area contributed by atoms with Gasteiger partial charge in [0.15, 0.2) is 6.10 Å². The van der Waals surface area contributed by atoms with Crippen molar-refractivity contribution in [1.29, 1.82) is 0 Å². The van der Waals surface area contributed by atoms with Gasteiger partial charge in [0, 0.05) is 19.6 Å². The molecule has 1 saturated carbocycles. The van der Waals surface area contributed by atoms with Crippen molar-refractivity contribution in [2.24, 2.45) is 0 Å². The molecule has 1 aliphatic carbocycles. The molecule has 1 atom stereocenters. The van der Waals surface area contributed by atoms with Crippen molar-refractivity contribution < 1.29 is 28.7 Å². The monoisotopic (exact) mass is 366 g/mol. The maximum atomic E-state index is 12.5. The third-order valence-electron chi connectivity index (χ3n) is 5.02. The molecule has 1 spiro atoms. The predicted octanol–water partition coefficient (Wildman–Crippen LogP) is -0.275. The van der Waals surface area contributed by atoms with Crippen LogP contribution in [0.15, 0.2) is 0 Å². The predicted molar refractivity (Wildman–Crippen MR) is 86.7 cm³/mol. The van der Waals surface area contributed by atoms with Crippen LogP contribution in [0.4, 0.5) is 9.59 Å². The van der Waals surface area contributed by atoms with Crippen LogP contribution >= 0.6 is 0 Å². The highest BCUT2D eigenvalue weighted by molar-refractivity contribution is 6.07. The van der Waals surface area contributed by atoms with Gasteiger partial charge in [0.05, 0.1) is 6.42 Å². The molecule has 142 valence electrons. The lowest BCUT2D eigenvalue weighted by molar-refractivity contribution is -0.157. The molecule has 0 aromatic carbocycles. The van der Waals surface area contributed by atoms with Crippen molar-refractivity contribution in [3.63, 3.8) is 0 Å². The molecule has 2 saturated heterocycles. The molecule has 0 aromatic heterocycles. The van der Waals surface area contributed by atoms with Gasteiger partial charge in [-0.25, -0.2) is 9.59 Å². The van der Waals surface area contributed by atoms with Crippen LogP contribution in [-0.4, -0.2) is 70.9 Å². The Balaban J connectivity index is 1.49. The number of nitrogens with zero attached hydrogens (tertiary/aromatic N) is 2. The van der Waals surface area contributed by atoms with Crippen LogP contribution in [0.25, 0.3) is 0 Å². The summed E-state index contributed by atoms with van der Waals surface area (Å²) in [6.07, 6.45) is 1.66. The Morgan fingerprint density at radius 3 is 2.50 bits per heavy atom. The van der Waals surface area contributed by atoms with E-state index < -0.39 is 35.6 Å². The zero-order chi connectivity index (χ0) is 18.9. The normalized spacial score (nSPS) is 22.6. The first-order valence-electron chi connectivity index (χ1n) is 8.77. The number of imide groups is 2. The molecule has 2 aliphatic heterocycles. The summed E-state index contributed by atoms with van der Waals surface area (Å²) in [5, 5.41) is 5.23. The Kier molecular flexibility index (Phi) is 4.84. The fraction of sp³-hybridized carbons (Fsp3) is 0.688. The fourth-order valence-corrected chi connectivity index (χ4v) is 3.61. The number of esters is 1. The minimum atomic E-state index is -1.12. The molecule has 6 amide bonds. The maximum absolute atomic E-state index is 12.5. The highest BCUT2D eigenvalue weighted by Crippen LogP contribution is 2.35. The first-order valence-corrected chi connectivity index (χ1v) is 8.77. The lowest BCUT2D eigenvalue weighted by Gasteiger charge is -2.20. The van der Waals surface area contributed by atoms with Gasteiger partial charge in [0.2, 0.25) is 0 Å². The van der Waals surface area contributed by atoms with Crippen LogP contribution in [0.1, 0.15) is 39.0 Å². The van der Waals surface area contributed by atoms with Crippen molar-refractivity contribution in [2.75, 3.05) is 19.6 Å². The van der Waals surface area contributed by atoms with Gasteiger partial charge in [-0.15, -0.1) is 0 Å². The van der Waals surface area contributed by atoms with Crippen molar-refractivity contribution in [2.45, 2.75) is 50.7 Å². The van der Waals surface area contributed by atoms with Crippen LogP contribution in [0.3, 0.4) is 0 Å². The summed E-state index contributed by atoms with van der Waals surface area (Å²) in [5.41, 5.74) is -0.812. The number of rotatable bonds is 5. The standard InChI is InChI=1S/C16H22N4O6/c1-10(12(22)19-9-7-17-14(19)24)26-11(21)4-8-20-13(23)16(18-15(20)25)5-2-3-6-16/h10H,2-9H2,1H3,(H,17,24)(H,18,25)/t10-/m1/s1. The minimum absolute atomic E-state index is 0.101. The van der Waals surface area contributed by atoms with Crippen LogP contribution in [-0.2, 0) is 19.1 Å². The average molecular weight is 366 g/mol. The van der Waals surface area contributed by atoms with Gasteiger partial charge in [-0.2, -0.15) is 0 Å². The van der Waals surface area contributed by atoms with Gasteiger partial charge < -0.3 is 15.4 Å². The van der Waals surface area contributed by atoms with Gasteiger partial charge >= 0.3 is 18.0 Å². The van der Waals surface area contributed by atoms with E-state index in [2.05, 4.69) is 10.6 Å². The summed E-state index contributed by atoms with van der Waals surface area (Å²) in [6, 6.07) is -1.01. The second kappa shape index (κ2) is 6.93. The number of hydrogen-bond acceptors (Lipinski definition) is 6. The molecule has 26 heavy (non-hydrogen) atoms. The van der Waals surface area contributed by atoms with Gasteiger partial charge in [0.25, 0.3) is 11.8 Å². The van der Waals surface area contributed by atoms with E-state index in [1.165, 1.54) is 6.92 Å². The molecule has 0 aromatic rings. The quantitative estimate of drug-likeness (QED) is 0.509. The van der Waals surface area contributed by atoms with Gasteiger partial charge in [-0.05, 0) is 19.8 Å². The Labute approximate surface area is 150 Å². The second-order valence-corrected chi connectivity index (χ2v) is 6.78. The number of carbonyl (C=O) groups excluding carboxylic acids is 5. The first-order chi connectivity index (χ1) is 12.3. The second-order valence-electron chi connectivity index (χ2n) is 6.78. The van der Waals surface area contributed by atoms with E-state index in [4.69, 9.17) is 4.74 Å². The molecule has 10 nitrogen and oxygen atoms in total. The first kappa shape index (κ1) is 18.2.